The first-order valence-corrected chi connectivity index (χ1v) is 1.86. The third kappa shape index (κ3) is 302. The van der Waals surface area contributed by atoms with Crippen LogP contribution in [0.25, 0.3) is 0 Å². The maximum absolute atomic E-state index is 9.00. The molecule has 2 N–H and O–H groups in total. The Morgan fingerprint density at radius 2 is 1.00 bits per heavy atom. The summed E-state index contributed by atoms with van der Waals surface area (Å²) < 4.78 is 0. The summed E-state index contributed by atoms with van der Waals surface area (Å²) in [6.45, 7) is 2.17. The summed E-state index contributed by atoms with van der Waals surface area (Å²) in [5.74, 6) is -1.67. The number of hydrogen-bond acceptors (Lipinski definition) is 2. The molecule has 0 aliphatic heterocycles. The minimum atomic E-state index is -0.833. The molecule has 0 aliphatic rings. The zero-order chi connectivity index (χ0) is 7.15. The molecule has 0 bridgehead atoms. The molecule has 0 heterocycles. The van der Waals surface area contributed by atoms with Crippen LogP contribution >= 0.6 is 0 Å². The monoisotopic (exact) mass is 284 g/mol. The van der Waals surface area contributed by atoms with Gasteiger partial charge in [0.1, 0.15) is 0 Å². The molecule has 0 saturated heterocycles. The molecule has 54 valence electrons. The number of carbonyl (C=O) groups is 2. The van der Waals surface area contributed by atoms with Crippen LogP contribution in [-0.4, -0.2) is 101 Å². The molecule has 0 saturated carbocycles. The molecule has 0 amide bonds. The van der Waals surface area contributed by atoms with E-state index in [2.05, 4.69) is 0 Å². The van der Waals surface area contributed by atoms with Gasteiger partial charge in [-0.2, -0.15) is 0 Å². The topological polar surface area (TPSA) is 74.6 Å². The van der Waals surface area contributed by atoms with Crippen molar-refractivity contribution >= 4 is 90.4 Å². The van der Waals surface area contributed by atoms with Gasteiger partial charge in [-0.3, -0.25) is 9.59 Å². The SMILES string of the molecule is CC(=O)O.CC(=O)O.[BaH2].[NaH]. The van der Waals surface area contributed by atoms with E-state index < -0.39 is 11.9 Å². The summed E-state index contributed by atoms with van der Waals surface area (Å²) >= 11 is 0. The van der Waals surface area contributed by atoms with Crippen molar-refractivity contribution in [1.29, 1.82) is 0 Å². The fraction of sp³-hybridized carbons (Fsp3) is 0.500. The van der Waals surface area contributed by atoms with Crippen LogP contribution in [-0.2, 0) is 9.59 Å². The molecule has 6 heteroatoms. The average Bonchev–Trinajstić information content (AvgIpc) is 1.25. The zero-order valence-corrected chi connectivity index (χ0v) is 4.71. The van der Waals surface area contributed by atoms with Crippen molar-refractivity contribution in [3.8, 4) is 0 Å². The van der Waals surface area contributed by atoms with Gasteiger partial charge in [0.05, 0.1) is 0 Å². The summed E-state index contributed by atoms with van der Waals surface area (Å²) in [6.07, 6.45) is 0. The predicted molar refractivity (Wildman–Crippen MR) is 42.3 cm³/mol. The minimum absolute atomic E-state index is 0. The average molecular weight is 283 g/mol. The van der Waals surface area contributed by atoms with Crippen LogP contribution in [0.15, 0.2) is 0 Å². The van der Waals surface area contributed by atoms with Gasteiger partial charge >= 0.3 is 78.4 Å². The van der Waals surface area contributed by atoms with Crippen molar-refractivity contribution < 1.29 is 19.8 Å². The Kier molecular flexibility index (Phi) is 38.0. The van der Waals surface area contributed by atoms with Gasteiger partial charge in [-0.15, -0.1) is 0 Å². The quantitative estimate of drug-likeness (QED) is 0.537. The van der Waals surface area contributed by atoms with E-state index in [0.717, 1.165) is 13.8 Å². The number of carboxylic acid groups (broad SMARTS) is 2. The van der Waals surface area contributed by atoms with Crippen molar-refractivity contribution in [2.45, 2.75) is 13.8 Å². The van der Waals surface area contributed by atoms with E-state index in [1.807, 2.05) is 0 Å². The van der Waals surface area contributed by atoms with Crippen molar-refractivity contribution in [2.75, 3.05) is 0 Å². The van der Waals surface area contributed by atoms with E-state index in [0.29, 0.717) is 0 Å². The van der Waals surface area contributed by atoms with Crippen LogP contribution < -0.4 is 0 Å². The van der Waals surface area contributed by atoms with Crippen molar-refractivity contribution in [1.82, 2.24) is 0 Å². The molecule has 10 heavy (non-hydrogen) atoms. The first kappa shape index (κ1) is 22.5. The molecular formula is C4H11BaNaO4. The molecular weight excluding hydrogens is 272 g/mol. The Balaban J connectivity index is -0.0000000300. The number of carboxylic acids is 2. The molecule has 0 unspecified atom stereocenters. The molecule has 0 aromatic carbocycles. The maximum atomic E-state index is 9.00. The summed E-state index contributed by atoms with van der Waals surface area (Å²) in [5, 5.41) is 14.8. The number of rotatable bonds is 0. The molecule has 0 aromatic rings. The predicted octanol–water partition coefficient (Wildman–Crippen LogP) is -1.38. The number of hydrogen-bond donors (Lipinski definition) is 2. The van der Waals surface area contributed by atoms with E-state index >= 15 is 0 Å². The molecule has 0 rings (SSSR count). The Hall–Kier alpha value is 1.51. The van der Waals surface area contributed by atoms with E-state index in [9.17, 15) is 0 Å². The Bertz CT molecular complexity index is 75.3. The normalized spacial score (nSPS) is 5.00. The Labute approximate surface area is 122 Å². The van der Waals surface area contributed by atoms with Gasteiger partial charge in [-0.25, -0.2) is 0 Å². The van der Waals surface area contributed by atoms with Crippen LogP contribution in [0.4, 0.5) is 0 Å². The van der Waals surface area contributed by atoms with Gasteiger partial charge in [0, 0.05) is 13.8 Å². The second-order valence-electron chi connectivity index (χ2n) is 1.04. The third-order valence-electron chi connectivity index (χ3n) is 0. The van der Waals surface area contributed by atoms with Crippen molar-refractivity contribution in [2.24, 2.45) is 0 Å². The molecule has 0 aromatic heterocycles. The van der Waals surface area contributed by atoms with Gasteiger partial charge in [-0.1, -0.05) is 0 Å². The summed E-state index contributed by atoms with van der Waals surface area (Å²) in [5.41, 5.74) is 0. The molecule has 0 spiro atoms. The van der Waals surface area contributed by atoms with E-state index in [4.69, 9.17) is 19.8 Å². The molecule has 0 radical (unpaired) electrons. The van der Waals surface area contributed by atoms with Gasteiger partial charge in [0.2, 0.25) is 0 Å². The third-order valence-corrected chi connectivity index (χ3v) is 0. The summed E-state index contributed by atoms with van der Waals surface area (Å²) in [6, 6.07) is 0. The van der Waals surface area contributed by atoms with E-state index in [1.165, 1.54) is 0 Å². The number of aliphatic carboxylic acids is 2. The van der Waals surface area contributed by atoms with Gasteiger partial charge in [-0.05, 0) is 0 Å². The van der Waals surface area contributed by atoms with Crippen molar-refractivity contribution in [3.63, 3.8) is 0 Å². The van der Waals surface area contributed by atoms with Crippen LogP contribution in [0.2, 0.25) is 0 Å². The van der Waals surface area contributed by atoms with Gasteiger partial charge in [0.25, 0.3) is 11.9 Å². The van der Waals surface area contributed by atoms with Crippen LogP contribution in [0.1, 0.15) is 13.8 Å². The zero-order valence-electron chi connectivity index (χ0n) is 4.71. The summed E-state index contributed by atoms with van der Waals surface area (Å²) in [7, 11) is 0. The fourth-order valence-corrected chi connectivity index (χ4v) is 0. The molecule has 4 nitrogen and oxygen atoms in total. The Morgan fingerprint density at radius 1 is 1.00 bits per heavy atom. The van der Waals surface area contributed by atoms with Crippen molar-refractivity contribution in [3.05, 3.63) is 0 Å². The first-order chi connectivity index (χ1) is 3.46. The second kappa shape index (κ2) is 16.9. The van der Waals surface area contributed by atoms with Crippen LogP contribution in [0.5, 0.6) is 0 Å². The van der Waals surface area contributed by atoms with Crippen LogP contribution in [0, 0.1) is 0 Å². The van der Waals surface area contributed by atoms with E-state index in [1.54, 1.807) is 0 Å². The fourth-order valence-electron chi connectivity index (χ4n) is 0. The van der Waals surface area contributed by atoms with E-state index in [-0.39, 0.29) is 78.4 Å². The standard InChI is InChI=1S/2C2H4O2.Ba.Na.3H/c2*1-2(3)4;;;;;/h2*1H3,(H,3,4);;;;;. The summed E-state index contributed by atoms with van der Waals surface area (Å²) in [4.78, 5) is 18.0. The molecule has 0 aliphatic carbocycles. The van der Waals surface area contributed by atoms with Crippen LogP contribution in [0.3, 0.4) is 0 Å². The van der Waals surface area contributed by atoms with Gasteiger partial charge < -0.3 is 10.2 Å². The molecule has 0 fully saturated rings. The first-order valence-electron chi connectivity index (χ1n) is 1.86. The van der Waals surface area contributed by atoms with Gasteiger partial charge in [0.15, 0.2) is 0 Å². The molecule has 0 atom stereocenters. The second-order valence-corrected chi connectivity index (χ2v) is 1.04. The Morgan fingerprint density at radius 3 is 1.00 bits per heavy atom.